The molecule has 2 heterocycles. The minimum absolute atomic E-state index is 0.280. The Labute approximate surface area is 231 Å². The first kappa shape index (κ1) is 29.6. The number of rotatable bonds is 11. The van der Waals surface area contributed by atoms with E-state index in [1.165, 1.54) is 6.92 Å². The maximum atomic E-state index is 12.0. The summed E-state index contributed by atoms with van der Waals surface area (Å²) < 4.78 is 36.4. The van der Waals surface area contributed by atoms with Crippen LogP contribution in [0.25, 0.3) is 0 Å². The van der Waals surface area contributed by atoms with Gasteiger partial charge in [-0.05, 0) is 31.9 Å². The van der Waals surface area contributed by atoms with Gasteiger partial charge in [-0.15, -0.1) is 0 Å². The van der Waals surface area contributed by atoms with E-state index < -0.39 is 36.4 Å². The van der Waals surface area contributed by atoms with Crippen LogP contribution in [0.15, 0.2) is 60.7 Å². The number of methoxy groups -OCH3 is 1. The first-order chi connectivity index (χ1) is 18.8. The second-order valence-corrected chi connectivity index (χ2v) is 10.5. The van der Waals surface area contributed by atoms with Crippen LogP contribution in [0.2, 0.25) is 0 Å². The Balaban J connectivity index is 1.46. The van der Waals surface area contributed by atoms with E-state index in [1.807, 2.05) is 81.4 Å². The standard InChI is InChI=1S/C30H41NO8/c1-20-28(25(16-26(33-5)36-20)34-18-23-12-8-6-9-13-23)39-27-17-30(4,29(21(2)37-27)38-22(3)32)31-35-19-24-14-10-7-11-15-24/h6-15,20-21,25-29,31H,16-19H2,1-5H3/t20-,21-,25-,26+,27+,28+,29-,30+/m0/s1. The number of hydroxylamine groups is 1. The smallest absolute Gasteiger partial charge is 0.303 e. The molecule has 0 bridgehead atoms. The van der Waals surface area contributed by atoms with E-state index in [4.69, 9.17) is 33.3 Å². The summed E-state index contributed by atoms with van der Waals surface area (Å²) in [5.41, 5.74) is 4.48. The van der Waals surface area contributed by atoms with Crippen molar-refractivity contribution >= 4 is 5.97 Å². The molecular weight excluding hydrogens is 502 g/mol. The molecule has 2 saturated heterocycles. The Morgan fingerprint density at radius 2 is 1.56 bits per heavy atom. The van der Waals surface area contributed by atoms with Gasteiger partial charge in [0.25, 0.3) is 0 Å². The van der Waals surface area contributed by atoms with Crippen molar-refractivity contribution in [3.8, 4) is 0 Å². The van der Waals surface area contributed by atoms with Crippen molar-refractivity contribution in [2.24, 2.45) is 0 Å². The van der Waals surface area contributed by atoms with E-state index >= 15 is 0 Å². The van der Waals surface area contributed by atoms with Crippen LogP contribution in [-0.4, -0.2) is 61.7 Å². The van der Waals surface area contributed by atoms with Crippen LogP contribution in [0, 0.1) is 0 Å². The van der Waals surface area contributed by atoms with Crippen LogP contribution >= 0.6 is 0 Å². The maximum Gasteiger partial charge on any atom is 0.303 e. The minimum Gasteiger partial charge on any atom is -0.458 e. The summed E-state index contributed by atoms with van der Waals surface area (Å²) in [7, 11) is 1.63. The Bertz CT molecular complexity index is 1020. The lowest BCUT2D eigenvalue weighted by Gasteiger charge is -2.48. The summed E-state index contributed by atoms with van der Waals surface area (Å²) in [6.07, 6.45) is -2.16. The zero-order valence-electron chi connectivity index (χ0n) is 23.4. The first-order valence-electron chi connectivity index (χ1n) is 13.5. The molecule has 9 nitrogen and oxygen atoms in total. The molecule has 1 N–H and O–H groups in total. The third-order valence-corrected chi connectivity index (χ3v) is 7.19. The molecule has 0 aromatic heterocycles. The SMILES string of the molecule is CO[C@H]1C[C@H](OCc2ccccc2)[C@H](O[C@@H]2C[C@@](C)(NOCc3ccccc3)[C@@H](OC(C)=O)[C@H](C)O2)[C@H](C)O1. The van der Waals surface area contributed by atoms with Crippen LogP contribution in [-0.2, 0) is 51.3 Å². The molecular formula is C30H41NO8. The second-order valence-electron chi connectivity index (χ2n) is 10.5. The molecule has 8 atom stereocenters. The van der Waals surface area contributed by atoms with Crippen molar-refractivity contribution in [3.05, 3.63) is 71.8 Å². The largest absolute Gasteiger partial charge is 0.458 e. The molecule has 0 amide bonds. The molecule has 0 spiro atoms. The van der Waals surface area contributed by atoms with Crippen molar-refractivity contribution < 1.29 is 38.1 Å². The highest BCUT2D eigenvalue weighted by Gasteiger charge is 2.50. The summed E-state index contributed by atoms with van der Waals surface area (Å²) >= 11 is 0. The number of hydrogen-bond donors (Lipinski definition) is 1. The lowest BCUT2D eigenvalue weighted by Crippen LogP contribution is -2.64. The highest BCUT2D eigenvalue weighted by atomic mass is 16.7. The van der Waals surface area contributed by atoms with Crippen LogP contribution in [0.3, 0.4) is 0 Å². The molecule has 0 unspecified atom stereocenters. The number of nitrogens with one attached hydrogen (secondary N) is 1. The fraction of sp³-hybridized carbons (Fsp3) is 0.567. The zero-order valence-corrected chi connectivity index (χ0v) is 23.4. The Hall–Kier alpha value is -2.37. The van der Waals surface area contributed by atoms with Gasteiger partial charge < -0.3 is 28.4 Å². The first-order valence-corrected chi connectivity index (χ1v) is 13.5. The van der Waals surface area contributed by atoms with Crippen LogP contribution in [0.5, 0.6) is 0 Å². The minimum atomic E-state index is -0.781. The number of hydrogen-bond acceptors (Lipinski definition) is 9. The summed E-state index contributed by atoms with van der Waals surface area (Å²) in [5, 5.41) is 0. The van der Waals surface area contributed by atoms with Crippen LogP contribution < -0.4 is 5.48 Å². The third-order valence-electron chi connectivity index (χ3n) is 7.19. The van der Waals surface area contributed by atoms with Gasteiger partial charge in [-0.25, -0.2) is 0 Å². The molecule has 2 fully saturated rings. The second kappa shape index (κ2) is 13.8. The topological polar surface area (TPSA) is 93.7 Å². The molecule has 4 rings (SSSR count). The number of carbonyl (C=O) groups excluding carboxylic acids is 1. The number of carbonyl (C=O) groups is 1. The van der Waals surface area contributed by atoms with Gasteiger partial charge in [0.2, 0.25) is 0 Å². The van der Waals surface area contributed by atoms with E-state index in [2.05, 4.69) is 5.48 Å². The van der Waals surface area contributed by atoms with Crippen LogP contribution in [0.1, 0.15) is 51.7 Å². The Kier molecular flexibility index (Phi) is 10.5. The summed E-state index contributed by atoms with van der Waals surface area (Å²) in [4.78, 5) is 17.9. The van der Waals surface area contributed by atoms with E-state index in [9.17, 15) is 4.79 Å². The van der Waals surface area contributed by atoms with Crippen molar-refractivity contribution in [1.29, 1.82) is 0 Å². The predicted octanol–water partition coefficient (Wildman–Crippen LogP) is 4.29. The molecule has 9 heteroatoms. The van der Waals surface area contributed by atoms with Gasteiger partial charge >= 0.3 is 5.97 Å². The van der Waals surface area contributed by atoms with Gasteiger partial charge in [0.15, 0.2) is 12.6 Å². The quantitative estimate of drug-likeness (QED) is 0.329. The summed E-state index contributed by atoms with van der Waals surface area (Å²) in [6.45, 7) is 7.95. The fourth-order valence-electron chi connectivity index (χ4n) is 5.25. The highest BCUT2D eigenvalue weighted by molar-refractivity contribution is 5.66. The average molecular weight is 544 g/mol. The van der Waals surface area contributed by atoms with Gasteiger partial charge in [-0.3, -0.25) is 9.63 Å². The molecule has 2 aromatic rings. The molecule has 0 radical (unpaired) electrons. The normalized spacial score (nSPS) is 33.0. The van der Waals surface area contributed by atoms with Gasteiger partial charge in [-0.2, -0.15) is 5.48 Å². The van der Waals surface area contributed by atoms with E-state index in [0.29, 0.717) is 26.1 Å². The number of ether oxygens (including phenoxy) is 6. The van der Waals surface area contributed by atoms with Crippen molar-refractivity contribution in [2.45, 2.75) is 102 Å². The molecule has 214 valence electrons. The van der Waals surface area contributed by atoms with Gasteiger partial charge in [0.05, 0.1) is 37.1 Å². The molecule has 2 aliphatic heterocycles. The monoisotopic (exact) mass is 543 g/mol. The summed E-state index contributed by atoms with van der Waals surface area (Å²) in [6, 6.07) is 19.9. The number of esters is 1. The van der Waals surface area contributed by atoms with Gasteiger partial charge in [0.1, 0.15) is 12.2 Å². The van der Waals surface area contributed by atoms with E-state index in [0.717, 1.165) is 11.1 Å². The fourth-order valence-corrected chi connectivity index (χ4v) is 5.25. The summed E-state index contributed by atoms with van der Waals surface area (Å²) in [5.74, 6) is -0.389. The van der Waals surface area contributed by atoms with E-state index in [1.54, 1.807) is 7.11 Å². The van der Waals surface area contributed by atoms with Gasteiger partial charge in [-0.1, -0.05) is 60.7 Å². The lowest BCUT2D eigenvalue weighted by molar-refractivity contribution is -0.318. The third kappa shape index (κ3) is 8.08. The molecule has 2 aromatic carbocycles. The zero-order chi connectivity index (χ0) is 27.8. The molecule has 39 heavy (non-hydrogen) atoms. The van der Waals surface area contributed by atoms with Crippen molar-refractivity contribution in [2.75, 3.05) is 7.11 Å². The average Bonchev–Trinajstić information content (AvgIpc) is 2.92. The molecule has 2 aliphatic rings. The van der Waals surface area contributed by atoms with Crippen molar-refractivity contribution in [3.63, 3.8) is 0 Å². The van der Waals surface area contributed by atoms with Gasteiger partial charge in [0, 0.05) is 26.9 Å². The lowest BCUT2D eigenvalue weighted by atomic mass is 9.85. The maximum absolute atomic E-state index is 12.0. The Morgan fingerprint density at radius 1 is 0.949 bits per heavy atom. The predicted molar refractivity (Wildman–Crippen MR) is 143 cm³/mol. The highest BCUT2D eigenvalue weighted by Crippen LogP contribution is 2.35. The van der Waals surface area contributed by atoms with Crippen LogP contribution in [0.4, 0.5) is 0 Å². The van der Waals surface area contributed by atoms with Crippen molar-refractivity contribution in [1.82, 2.24) is 5.48 Å². The number of benzene rings is 2. The molecule has 0 saturated carbocycles. The Morgan fingerprint density at radius 3 is 2.18 bits per heavy atom. The van der Waals surface area contributed by atoms with E-state index in [-0.39, 0.29) is 18.2 Å². The molecule has 0 aliphatic carbocycles.